The van der Waals surface area contributed by atoms with Crippen LogP contribution in [0.1, 0.15) is 23.0 Å². The molecule has 0 saturated heterocycles. The number of thiocarbonyl (C=S) groups is 1. The van der Waals surface area contributed by atoms with Crippen molar-refractivity contribution in [2.75, 3.05) is 5.32 Å². The Kier molecular flexibility index (Phi) is 6.24. The fourth-order valence-corrected chi connectivity index (χ4v) is 3.12. The van der Waals surface area contributed by atoms with Crippen LogP contribution >= 0.6 is 35.4 Å². The molecule has 3 rings (SSSR count). The molecule has 1 amide bonds. The highest BCUT2D eigenvalue weighted by Crippen LogP contribution is 2.34. The van der Waals surface area contributed by atoms with E-state index in [4.69, 9.17) is 39.8 Å². The van der Waals surface area contributed by atoms with Crippen molar-refractivity contribution < 1.29 is 14.3 Å². The van der Waals surface area contributed by atoms with Crippen molar-refractivity contribution in [3.63, 3.8) is 0 Å². The highest BCUT2D eigenvalue weighted by atomic mass is 35.5. The molecule has 0 aliphatic heterocycles. The van der Waals surface area contributed by atoms with Gasteiger partial charge >= 0.3 is 0 Å². The molecular weight excluding hydrogens is 419 g/mol. The fourth-order valence-electron chi connectivity index (χ4n) is 2.52. The van der Waals surface area contributed by atoms with Gasteiger partial charge in [-0.05, 0) is 60.6 Å². The smallest absolute Gasteiger partial charge is 0.293 e. The molecule has 0 aliphatic carbocycles. The normalized spacial score (nSPS) is 10.5. The molecule has 1 heterocycles. The quantitative estimate of drug-likeness (QED) is 0.365. The lowest BCUT2D eigenvalue weighted by Gasteiger charge is -2.11. The van der Waals surface area contributed by atoms with Gasteiger partial charge < -0.3 is 14.8 Å². The van der Waals surface area contributed by atoms with E-state index in [9.17, 15) is 9.90 Å². The summed E-state index contributed by atoms with van der Waals surface area (Å²) >= 11 is 17.4. The van der Waals surface area contributed by atoms with Crippen molar-refractivity contribution in [3.8, 4) is 17.1 Å². The summed E-state index contributed by atoms with van der Waals surface area (Å²) in [4.78, 5) is 12.4. The SMILES string of the molecule is CCc1ccc(O)c(NC(=S)NC(=O)c2ccc(-c3cccc(Cl)c3Cl)o2)c1. The Morgan fingerprint density at radius 2 is 1.96 bits per heavy atom. The summed E-state index contributed by atoms with van der Waals surface area (Å²) in [7, 11) is 0. The second kappa shape index (κ2) is 8.65. The van der Waals surface area contributed by atoms with E-state index in [0.717, 1.165) is 12.0 Å². The van der Waals surface area contributed by atoms with Crippen LogP contribution in [0.15, 0.2) is 52.9 Å². The Morgan fingerprint density at radius 1 is 1.18 bits per heavy atom. The van der Waals surface area contributed by atoms with Gasteiger partial charge in [0, 0.05) is 5.56 Å². The monoisotopic (exact) mass is 434 g/mol. The van der Waals surface area contributed by atoms with Crippen LogP contribution in [-0.4, -0.2) is 16.1 Å². The Morgan fingerprint density at radius 3 is 2.71 bits per heavy atom. The standard InChI is InChI=1S/C20H16Cl2N2O3S/c1-2-11-6-7-15(25)14(10-11)23-20(28)24-19(26)17-9-8-16(27-17)12-4-3-5-13(21)18(12)22/h3-10,25H,2H2,1H3,(H2,23,24,26,28). The number of aromatic hydroxyl groups is 1. The molecule has 0 atom stereocenters. The van der Waals surface area contributed by atoms with Crippen molar-refractivity contribution in [1.29, 1.82) is 0 Å². The van der Waals surface area contributed by atoms with Crippen LogP contribution in [0, 0.1) is 0 Å². The number of phenolic OH excluding ortho intramolecular Hbond substituents is 1. The van der Waals surface area contributed by atoms with Crippen molar-refractivity contribution in [2.45, 2.75) is 13.3 Å². The molecular formula is C20H16Cl2N2O3S. The van der Waals surface area contributed by atoms with Crippen LogP contribution in [-0.2, 0) is 6.42 Å². The number of carbonyl (C=O) groups excluding carboxylic acids is 1. The molecule has 8 heteroatoms. The van der Waals surface area contributed by atoms with Gasteiger partial charge in [0.15, 0.2) is 10.9 Å². The number of nitrogens with one attached hydrogen (secondary N) is 2. The summed E-state index contributed by atoms with van der Waals surface area (Å²) in [6.45, 7) is 2.00. The second-order valence-electron chi connectivity index (χ2n) is 5.88. The Bertz CT molecular complexity index is 1050. The van der Waals surface area contributed by atoms with E-state index >= 15 is 0 Å². The van der Waals surface area contributed by atoms with Gasteiger partial charge in [-0.2, -0.15) is 0 Å². The third-order valence-corrected chi connectivity index (χ3v) is 5.01. The zero-order chi connectivity index (χ0) is 20.3. The first-order valence-electron chi connectivity index (χ1n) is 8.37. The number of phenols is 1. The molecule has 5 nitrogen and oxygen atoms in total. The lowest BCUT2D eigenvalue weighted by atomic mass is 10.1. The molecule has 2 aromatic carbocycles. The summed E-state index contributed by atoms with van der Waals surface area (Å²) in [5.41, 5.74) is 2.01. The molecule has 0 unspecified atom stereocenters. The third kappa shape index (κ3) is 4.47. The fraction of sp³-hybridized carbons (Fsp3) is 0.100. The number of aryl methyl sites for hydroxylation is 1. The molecule has 144 valence electrons. The maximum atomic E-state index is 12.4. The van der Waals surface area contributed by atoms with Crippen molar-refractivity contribution in [1.82, 2.24) is 5.32 Å². The molecule has 0 aliphatic rings. The van der Waals surface area contributed by atoms with Crippen LogP contribution in [0.4, 0.5) is 5.69 Å². The first kappa shape index (κ1) is 20.2. The van der Waals surface area contributed by atoms with E-state index in [1.54, 1.807) is 36.4 Å². The van der Waals surface area contributed by atoms with Gasteiger partial charge in [-0.25, -0.2) is 0 Å². The molecule has 3 N–H and O–H groups in total. The number of carbonyl (C=O) groups is 1. The minimum atomic E-state index is -0.534. The molecule has 0 saturated carbocycles. The topological polar surface area (TPSA) is 74.5 Å². The molecule has 3 aromatic rings. The molecule has 0 fully saturated rings. The van der Waals surface area contributed by atoms with E-state index in [1.807, 2.05) is 13.0 Å². The third-order valence-electron chi connectivity index (χ3n) is 3.99. The van der Waals surface area contributed by atoms with Crippen LogP contribution < -0.4 is 10.6 Å². The van der Waals surface area contributed by atoms with Gasteiger partial charge in [0.2, 0.25) is 0 Å². The zero-order valence-corrected chi connectivity index (χ0v) is 17.1. The zero-order valence-electron chi connectivity index (χ0n) is 14.8. The van der Waals surface area contributed by atoms with Crippen LogP contribution in [0.5, 0.6) is 5.75 Å². The second-order valence-corrected chi connectivity index (χ2v) is 7.07. The van der Waals surface area contributed by atoms with Crippen LogP contribution in [0.2, 0.25) is 10.0 Å². The number of furan rings is 1. The molecule has 28 heavy (non-hydrogen) atoms. The number of rotatable bonds is 4. The van der Waals surface area contributed by atoms with Gasteiger partial charge in [-0.1, -0.05) is 42.3 Å². The van der Waals surface area contributed by atoms with Gasteiger partial charge in [0.05, 0.1) is 15.7 Å². The highest BCUT2D eigenvalue weighted by molar-refractivity contribution is 7.80. The van der Waals surface area contributed by atoms with Crippen molar-refractivity contribution in [3.05, 3.63) is 69.9 Å². The number of halogens is 2. The first-order chi connectivity index (χ1) is 13.4. The summed E-state index contributed by atoms with van der Waals surface area (Å²) in [6, 6.07) is 13.4. The Balaban J connectivity index is 1.71. The summed E-state index contributed by atoms with van der Waals surface area (Å²) in [5.74, 6) is -0.0377. The molecule has 0 spiro atoms. The van der Waals surface area contributed by atoms with E-state index in [1.165, 1.54) is 6.07 Å². The van der Waals surface area contributed by atoms with E-state index < -0.39 is 5.91 Å². The largest absolute Gasteiger partial charge is 0.506 e. The number of benzene rings is 2. The summed E-state index contributed by atoms with van der Waals surface area (Å²) < 4.78 is 5.59. The van der Waals surface area contributed by atoms with E-state index in [-0.39, 0.29) is 16.6 Å². The van der Waals surface area contributed by atoms with Gasteiger partial charge in [-0.15, -0.1) is 0 Å². The van der Waals surface area contributed by atoms with Crippen molar-refractivity contribution in [2.24, 2.45) is 0 Å². The summed E-state index contributed by atoms with van der Waals surface area (Å²) in [5, 5.41) is 16.0. The van der Waals surface area contributed by atoms with Crippen LogP contribution in [0.25, 0.3) is 11.3 Å². The molecule has 0 radical (unpaired) electrons. The van der Waals surface area contributed by atoms with Crippen molar-refractivity contribution >= 4 is 52.1 Å². The number of hydrogen-bond donors (Lipinski definition) is 3. The van der Waals surface area contributed by atoms with E-state index in [2.05, 4.69) is 10.6 Å². The first-order valence-corrected chi connectivity index (χ1v) is 9.54. The molecule has 0 bridgehead atoms. The number of hydrogen-bond acceptors (Lipinski definition) is 4. The maximum absolute atomic E-state index is 12.4. The predicted octanol–water partition coefficient (Wildman–Crippen LogP) is 5.65. The lowest BCUT2D eigenvalue weighted by molar-refractivity contribution is 0.0951. The maximum Gasteiger partial charge on any atom is 0.293 e. The highest BCUT2D eigenvalue weighted by Gasteiger charge is 2.16. The van der Waals surface area contributed by atoms with Gasteiger partial charge in [0.25, 0.3) is 5.91 Å². The van der Waals surface area contributed by atoms with Gasteiger partial charge in [-0.3, -0.25) is 10.1 Å². The van der Waals surface area contributed by atoms with Gasteiger partial charge in [0.1, 0.15) is 11.5 Å². The predicted molar refractivity (Wildman–Crippen MR) is 115 cm³/mol. The number of anilines is 1. The molecule has 1 aromatic heterocycles. The average molecular weight is 435 g/mol. The lowest BCUT2D eigenvalue weighted by Crippen LogP contribution is -2.33. The minimum absolute atomic E-state index is 0.0321. The minimum Gasteiger partial charge on any atom is -0.506 e. The van der Waals surface area contributed by atoms with Crippen LogP contribution in [0.3, 0.4) is 0 Å². The number of amides is 1. The average Bonchev–Trinajstić information content (AvgIpc) is 3.16. The Labute approximate surface area is 177 Å². The van der Waals surface area contributed by atoms with E-state index in [0.29, 0.717) is 27.1 Å². The summed E-state index contributed by atoms with van der Waals surface area (Å²) in [6.07, 6.45) is 0.801. The Hall–Kier alpha value is -2.54.